The second-order valence-electron chi connectivity index (χ2n) is 6.92. The Bertz CT molecular complexity index is 371. The lowest BCUT2D eigenvalue weighted by atomic mass is 9.71. The van der Waals surface area contributed by atoms with E-state index < -0.39 is 0 Å². The van der Waals surface area contributed by atoms with Crippen LogP contribution in [-0.2, 0) is 0 Å². The van der Waals surface area contributed by atoms with Crippen molar-refractivity contribution in [1.82, 2.24) is 9.80 Å². The highest BCUT2D eigenvalue weighted by molar-refractivity contribution is 5.74. The molecule has 0 aromatic rings. The van der Waals surface area contributed by atoms with Gasteiger partial charge in [-0.05, 0) is 50.4 Å². The SMILES string of the molecule is O=C(N1CCCCCC1)N1CCCC2(CC=CCC2)C1. The van der Waals surface area contributed by atoms with Gasteiger partial charge in [0, 0.05) is 26.2 Å². The molecular weight excluding hydrogens is 248 g/mol. The molecule has 1 atom stereocenters. The van der Waals surface area contributed by atoms with Gasteiger partial charge in [-0.3, -0.25) is 0 Å². The average molecular weight is 276 g/mol. The van der Waals surface area contributed by atoms with Crippen LogP contribution in [0.25, 0.3) is 0 Å². The number of piperidine rings is 1. The number of carbonyl (C=O) groups is 1. The number of hydrogen-bond donors (Lipinski definition) is 0. The molecule has 2 aliphatic heterocycles. The van der Waals surface area contributed by atoms with Crippen LogP contribution in [0.1, 0.15) is 57.8 Å². The molecule has 3 nitrogen and oxygen atoms in total. The Balaban J connectivity index is 1.63. The molecule has 3 heteroatoms. The van der Waals surface area contributed by atoms with E-state index in [0.717, 1.165) is 26.2 Å². The van der Waals surface area contributed by atoms with Crippen molar-refractivity contribution in [2.24, 2.45) is 5.41 Å². The molecule has 0 aromatic heterocycles. The number of likely N-dealkylation sites (tertiary alicyclic amines) is 2. The number of amides is 2. The number of carbonyl (C=O) groups excluding carboxylic acids is 1. The minimum Gasteiger partial charge on any atom is -0.325 e. The molecule has 2 heterocycles. The topological polar surface area (TPSA) is 23.6 Å². The molecule has 20 heavy (non-hydrogen) atoms. The van der Waals surface area contributed by atoms with E-state index in [4.69, 9.17) is 0 Å². The van der Waals surface area contributed by atoms with E-state index in [2.05, 4.69) is 22.0 Å². The Morgan fingerprint density at radius 1 is 0.850 bits per heavy atom. The number of rotatable bonds is 0. The quantitative estimate of drug-likeness (QED) is 0.617. The normalized spacial score (nSPS) is 31.4. The summed E-state index contributed by atoms with van der Waals surface area (Å²) in [4.78, 5) is 17.0. The Hall–Kier alpha value is -0.990. The van der Waals surface area contributed by atoms with Crippen molar-refractivity contribution in [3.63, 3.8) is 0 Å². The molecule has 112 valence electrons. The fourth-order valence-electron chi connectivity index (χ4n) is 4.15. The van der Waals surface area contributed by atoms with Crippen LogP contribution in [0.5, 0.6) is 0 Å². The van der Waals surface area contributed by atoms with Crippen molar-refractivity contribution >= 4 is 6.03 Å². The molecule has 1 aliphatic carbocycles. The third-order valence-corrected chi connectivity index (χ3v) is 5.37. The van der Waals surface area contributed by atoms with E-state index in [0.29, 0.717) is 11.4 Å². The predicted molar refractivity (Wildman–Crippen MR) is 81.7 cm³/mol. The summed E-state index contributed by atoms with van der Waals surface area (Å²) in [5.41, 5.74) is 0.397. The van der Waals surface area contributed by atoms with Crippen LogP contribution in [-0.4, -0.2) is 42.0 Å². The van der Waals surface area contributed by atoms with Crippen molar-refractivity contribution in [2.75, 3.05) is 26.2 Å². The second kappa shape index (κ2) is 6.19. The molecule has 0 bridgehead atoms. The molecule has 0 saturated carbocycles. The van der Waals surface area contributed by atoms with Gasteiger partial charge in [-0.25, -0.2) is 4.79 Å². The first-order valence-electron chi connectivity index (χ1n) is 8.48. The van der Waals surface area contributed by atoms with Crippen molar-refractivity contribution < 1.29 is 4.79 Å². The lowest BCUT2D eigenvalue weighted by Gasteiger charge is -2.45. The fourth-order valence-corrected chi connectivity index (χ4v) is 4.15. The van der Waals surface area contributed by atoms with E-state index in [1.54, 1.807) is 0 Å². The van der Waals surface area contributed by atoms with Gasteiger partial charge in [-0.15, -0.1) is 0 Å². The van der Waals surface area contributed by atoms with E-state index in [1.165, 1.54) is 57.8 Å². The minimum absolute atomic E-state index is 0.320. The van der Waals surface area contributed by atoms with Gasteiger partial charge in [-0.1, -0.05) is 25.0 Å². The van der Waals surface area contributed by atoms with Gasteiger partial charge >= 0.3 is 6.03 Å². The first kappa shape index (κ1) is 14.0. The van der Waals surface area contributed by atoms with Crippen LogP contribution in [0.4, 0.5) is 4.79 Å². The maximum absolute atomic E-state index is 12.8. The van der Waals surface area contributed by atoms with Crippen LogP contribution in [0.2, 0.25) is 0 Å². The first-order chi connectivity index (χ1) is 9.79. The van der Waals surface area contributed by atoms with Crippen LogP contribution < -0.4 is 0 Å². The molecule has 3 aliphatic rings. The minimum atomic E-state index is 0.320. The van der Waals surface area contributed by atoms with E-state index in [9.17, 15) is 4.79 Å². The lowest BCUT2D eigenvalue weighted by molar-refractivity contribution is 0.0781. The third kappa shape index (κ3) is 3.02. The van der Waals surface area contributed by atoms with Crippen molar-refractivity contribution in [1.29, 1.82) is 0 Å². The summed E-state index contributed by atoms with van der Waals surface area (Å²) in [5, 5.41) is 0. The Morgan fingerprint density at radius 3 is 2.30 bits per heavy atom. The Morgan fingerprint density at radius 2 is 1.60 bits per heavy atom. The van der Waals surface area contributed by atoms with Gasteiger partial charge in [0.1, 0.15) is 0 Å². The molecule has 2 fully saturated rings. The van der Waals surface area contributed by atoms with E-state index in [-0.39, 0.29) is 0 Å². The summed E-state index contributed by atoms with van der Waals surface area (Å²) in [6, 6.07) is 0.320. The first-order valence-corrected chi connectivity index (χ1v) is 8.48. The summed E-state index contributed by atoms with van der Waals surface area (Å²) >= 11 is 0. The zero-order chi connectivity index (χ0) is 13.8. The van der Waals surface area contributed by atoms with Crippen molar-refractivity contribution in [3.8, 4) is 0 Å². The van der Waals surface area contributed by atoms with Gasteiger partial charge in [-0.2, -0.15) is 0 Å². The van der Waals surface area contributed by atoms with Gasteiger partial charge in [0.2, 0.25) is 0 Å². The predicted octanol–water partition coefficient (Wildman–Crippen LogP) is 3.80. The third-order valence-electron chi connectivity index (χ3n) is 5.37. The van der Waals surface area contributed by atoms with Crippen molar-refractivity contribution in [3.05, 3.63) is 12.2 Å². The number of nitrogens with zero attached hydrogens (tertiary/aromatic N) is 2. The Kier molecular flexibility index (Phi) is 4.32. The molecule has 0 radical (unpaired) electrons. The number of allylic oxidation sites excluding steroid dienone is 2. The zero-order valence-electron chi connectivity index (χ0n) is 12.6. The number of hydrogen-bond acceptors (Lipinski definition) is 1. The fraction of sp³-hybridized carbons (Fsp3) is 0.824. The van der Waals surface area contributed by atoms with Crippen LogP contribution in [0.15, 0.2) is 12.2 Å². The van der Waals surface area contributed by atoms with Gasteiger partial charge in [0.05, 0.1) is 0 Å². The standard InChI is InChI=1S/C17H28N2O/c20-16(18-12-6-1-2-7-13-18)19-14-8-11-17(15-19)9-4-3-5-10-17/h3-4H,1-2,5-15H2. The molecule has 3 rings (SSSR count). The average Bonchev–Trinajstić information content (AvgIpc) is 2.76. The van der Waals surface area contributed by atoms with Crippen LogP contribution >= 0.6 is 0 Å². The molecule has 0 N–H and O–H groups in total. The van der Waals surface area contributed by atoms with Gasteiger partial charge in [0.15, 0.2) is 0 Å². The highest BCUT2D eigenvalue weighted by atomic mass is 16.2. The summed E-state index contributed by atoms with van der Waals surface area (Å²) in [7, 11) is 0. The molecule has 0 aromatic carbocycles. The summed E-state index contributed by atoms with van der Waals surface area (Å²) in [5.74, 6) is 0. The summed E-state index contributed by atoms with van der Waals surface area (Å²) in [6.07, 6.45) is 15.7. The molecular formula is C17H28N2O. The highest BCUT2D eigenvalue weighted by Gasteiger charge is 2.37. The molecule has 1 spiro atoms. The van der Waals surface area contributed by atoms with Crippen LogP contribution in [0.3, 0.4) is 0 Å². The molecule has 2 amide bonds. The maximum atomic E-state index is 12.8. The largest absolute Gasteiger partial charge is 0.325 e. The van der Waals surface area contributed by atoms with Crippen molar-refractivity contribution in [2.45, 2.75) is 57.8 Å². The van der Waals surface area contributed by atoms with E-state index in [1.807, 2.05) is 0 Å². The second-order valence-corrected chi connectivity index (χ2v) is 6.92. The highest BCUT2D eigenvalue weighted by Crippen LogP contribution is 2.41. The van der Waals surface area contributed by atoms with E-state index >= 15 is 0 Å². The van der Waals surface area contributed by atoms with Gasteiger partial charge in [0.25, 0.3) is 0 Å². The molecule has 2 saturated heterocycles. The van der Waals surface area contributed by atoms with Gasteiger partial charge < -0.3 is 9.80 Å². The van der Waals surface area contributed by atoms with Crippen LogP contribution in [0, 0.1) is 5.41 Å². The monoisotopic (exact) mass is 276 g/mol. The summed E-state index contributed by atoms with van der Waals surface area (Å²) in [6.45, 7) is 3.91. The number of urea groups is 1. The Labute approximate surface area is 123 Å². The zero-order valence-corrected chi connectivity index (χ0v) is 12.6. The molecule has 1 unspecified atom stereocenters. The smallest absolute Gasteiger partial charge is 0.320 e. The maximum Gasteiger partial charge on any atom is 0.320 e. The lowest BCUT2D eigenvalue weighted by Crippen LogP contribution is -2.51. The summed E-state index contributed by atoms with van der Waals surface area (Å²) < 4.78 is 0.